The number of esters is 3. The number of aliphatic hydroxyl groups excluding tert-OH is 1. The van der Waals surface area contributed by atoms with Crippen molar-refractivity contribution in [3.05, 3.63) is 47.0 Å². The number of Topliss-reactive ketones (excluding diaryl/α,β-unsaturated/α-hetero) is 1. The van der Waals surface area contributed by atoms with E-state index in [0.29, 0.717) is 0 Å². The highest BCUT2D eigenvalue weighted by atomic mass is 35.6. The van der Waals surface area contributed by atoms with Gasteiger partial charge in [-0.05, 0) is 51.0 Å². The van der Waals surface area contributed by atoms with Crippen molar-refractivity contribution in [1.29, 1.82) is 0 Å². The summed E-state index contributed by atoms with van der Waals surface area (Å²) in [6.45, 7) is 10.6. The zero-order valence-corrected chi connectivity index (χ0v) is 32.3. The number of ketones is 1. The summed E-state index contributed by atoms with van der Waals surface area (Å²) in [7, 11) is 0. The predicted octanol–water partition coefficient (Wildman–Crippen LogP) is 4.96. The largest absolute Gasteiger partial charge is 0.509 e. The van der Waals surface area contributed by atoms with E-state index < -0.39 is 104 Å². The predicted molar refractivity (Wildman–Crippen MR) is 184 cm³/mol. The number of carbonyl (C=O) groups is 5. The molecule has 0 radical (unpaired) electrons. The molecule has 1 aromatic rings. The van der Waals surface area contributed by atoms with Crippen molar-refractivity contribution < 1.29 is 62.6 Å². The monoisotopic (exact) mass is 788 g/mol. The number of benzene rings is 1. The van der Waals surface area contributed by atoms with Gasteiger partial charge in [-0.2, -0.15) is 0 Å². The Morgan fingerprint density at radius 1 is 0.962 bits per heavy atom. The minimum atomic E-state index is -2.26. The fourth-order valence-electron chi connectivity index (χ4n) is 8.46. The molecule has 2 N–H and O–H groups in total. The Morgan fingerprint density at radius 2 is 1.58 bits per heavy atom. The van der Waals surface area contributed by atoms with Gasteiger partial charge in [0.25, 0.3) is 0 Å². The molecule has 9 atom stereocenters. The highest BCUT2D eigenvalue weighted by Gasteiger charge is 2.79. The fraction of sp³-hybridized carbons (Fsp3) is 0.639. The molecular weight excluding hydrogens is 747 g/mol. The van der Waals surface area contributed by atoms with Crippen LogP contribution in [0.4, 0.5) is 4.79 Å². The first kappa shape index (κ1) is 40.2. The third-order valence-corrected chi connectivity index (χ3v) is 12.8. The van der Waals surface area contributed by atoms with Crippen molar-refractivity contribution in [2.75, 3.05) is 6.61 Å². The lowest BCUT2D eigenvalue weighted by molar-refractivity contribution is -0.346. The second kappa shape index (κ2) is 13.4. The maximum atomic E-state index is 15.5. The van der Waals surface area contributed by atoms with Crippen LogP contribution in [0.2, 0.25) is 0 Å². The van der Waals surface area contributed by atoms with Crippen LogP contribution in [0.3, 0.4) is 0 Å². The second-order valence-electron chi connectivity index (χ2n) is 15.2. The van der Waals surface area contributed by atoms with Gasteiger partial charge in [-0.1, -0.05) is 66.8 Å². The molecule has 16 heteroatoms. The van der Waals surface area contributed by atoms with Crippen molar-refractivity contribution in [1.82, 2.24) is 0 Å². The Balaban J connectivity index is 1.82. The number of hydrogen-bond acceptors (Lipinski definition) is 13. The molecule has 1 aromatic carbocycles. The number of aliphatic hydroxyl groups is 2. The lowest BCUT2D eigenvalue weighted by Gasteiger charge is -2.67. The first-order valence-electron chi connectivity index (χ1n) is 16.7. The van der Waals surface area contributed by atoms with Gasteiger partial charge >= 0.3 is 24.1 Å². The van der Waals surface area contributed by atoms with Gasteiger partial charge in [0.1, 0.15) is 23.9 Å². The van der Waals surface area contributed by atoms with E-state index in [4.69, 9.17) is 63.2 Å². The summed E-state index contributed by atoms with van der Waals surface area (Å²) in [5.74, 6) is -5.00. The Kier molecular flexibility index (Phi) is 10.4. The molecular formula is C36H43Cl3O13. The van der Waals surface area contributed by atoms with Crippen molar-refractivity contribution in [2.24, 2.45) is 16.7 Å². The van der Waals surface area contributed by atoms with E-state index in [1.807, 2.05) is 0 Å². The Morgan fingerprint density at radius 3 is 2.10 bits per heavy atom. The summed E-state index contributed by atoms with van der Waals surface area (Å²) in [4.78, 5) is 68.7. The van der Waals surface area contributed by atoms with Crippen LogP contribution < -0.4 is 0 Å². The number of hydrogen-bond donors (Lipinski definition) is 2. The van der Waals surface area contributed by atoms with Crippen LogP contribution in [-0.2, 0) is 42.8 Å². The molecule has 52 heavy (non-hydrogen) atoms. The van der Waals surface area contributed by atoms with Crippen LogP contribution in [0.5, 0.6) is 0 Å². The Labute approximate surface area is 316 Å². The van der Waals surface area contributed by atoms with Gasteiger partial charge in [-0.3, -0.25) is 14.4 Å². The van der Waals surface area contributed by atoms with E-state index in [-0.39, 0.29) is 29.7 Å². The van der Waals surface area contributed by atoms with Crippen LogP contribution in [0.1, 0.15) is 78.6 Å². The molecule has 0 amide bonds. The van der Waals surface area contributed by atoms with Crippen LogP contribution in [0.25, 0.3) is 0 Å². The minimum Gasteiger partial charge on any atom is -0.455 e. The summed E-state index contributed by atoms with van der Waals surface area (Å²) in [6.07, 6.45) is -9.62. The van der Waals surface area contributed by atoms with Crippen LogP contribution in [0, 0.1) is 16.7 Å². The average Bonchev–Trinajstić information content (AvgIpc) is 3.01. The lowest BCUT2D eigenvalue weighted by atomic mass is 9.44. The Bertz CT molecular complexity index is 1690. The van der Waals surface area contributed by atoms with Gasteiger partial charge in [-0.25, -0.2) is 9.59 Å². The van der Waals surface area contributed by atoms with Crippen LogP contribution in [0.15, 0.2) is 41.5 Å². The third-order valence-electron chi connectivity index (χ3n) is 11.4. The minimum absolute atomic E-state index is 0.0570. The normalized spacial score (nSPS) is 35.4. The van der Waals surface area contributed by atoms with Gasteiger partial charge < -0.3 is 38.6 Å². The molecule has 4 aliphatic rings. The molecule has 0 unspecified atom stereocenters. The van der Waals surface area contributed by atoms with E-state index in [0.717, 1.165) is 13.8 Å². The number of carbonyl (C=O) groups excluding carboxylic acids is 5. The number of ether oxygens (including phenoxy) is 6. The molecule has 13 nitrogen and oxygen atoms in total. The van der Waals surface area contributed by atoms with Crippen molar-refractivity contribution in [3.63, 3.8) is 0 Å². The number of rotatable bonds is 6. The van der Waals surface area contributed by atoms with Gasteiger partial charge in [0, 0.05) is 32.1 Å². The van der Waals surface area contributed by atoms with Gasteiger partial charge in [0.05, 0.1) is 29.6 Å². The molecule has 2 bridgehead atoms. The molecule has 0 spiro atoms. The number of alkyl halides is 3. The van der Waals surface area contributed by atoms with E-state index >= 15 is 4.79 Å². The highest BCUT2D eigenvalue weighted by molar-refractivity contribution is 6.68. The second-order valence-corrected chi connectivity index (χ2v) is 17.5. The topological polar surface area (TPSA) is 181 Å². The SMILES string of the molecule is CC(=O)O[C@H]1C(=O)[C@]2(C)[C@@H](OC(=O)OC(C)(C)C(Cl)(Cl)Cl)C[C@H]3OC[C@@]3(OC(C)=O)[C@H]2[C@H](OC(=O)c2ccccc2)[C@]2(O)C[C@H](O)C(C)=C1C2(C)C. The summed E-state index contributed by atoms with van der Waals surface area (Å²) >= 11 is 18.2. The molecule has 2 saturated carbocycles. The molecule has 1 saturated heterocycles. The van der Waals surface area contributed by atoms with Crippen molar-refractivity contribution >= 4 is 64.6 Å². The third kappa shape index (κ3) is 6.28. The number of halogens is 3. The maximum Gasteiger partial charge on any atom is 0.509 e. The van der Waals surface area contributed by atoms with E-state index in [1.54, 1.807) is 39.0 Å². The maximum absolute atomic E-state index is 15.5. The van der Waals surface area contributed by atoms with Crippen molar-refractivity contribution in [2.45, 2.75) is 119 Å². The van der Waals surface area contributed by atoms with E-state index in [9.17, 15) is 29.4 Å². The van der Waals surface area contributed by atoms with Crippen LogP contribution >= 0.6 is 34.8 Å². The highest BCUT2D eigenvalue weighted by Crippen LogP contribution is 2.64. The average molecular weight is 790 g/mol. The smallest absolute Gasteiger partial charge is 0.455 e. The summed E-state index contributed by atoms with van der Waals surface area (Å²) < 4.78 is 33.2. The summed E-state index contributed by atoms with van der Waals surface area (Å²) in [5.41, 5.74) is -9.07. The zero-order valence-electron chi connectivity index (χ0n) is 30.0. The van der Waals surface area contributed by atoms with Gasteiger partial charge in [0.15, 0.2) is 23.1 Å². The standard InChI is InChI=1S/C36H43Cl3O13/c1-17-21(42)15-35(46)28(50-29(44)20-12-10-9-11-13-20)26-33(8,27(43)25(48-18(2)40)24(17)31(35,4)5)22(14-23-34(26,16-47-23)51-19(3)41)49-30(45)52-32(6,7)36(37,38)39/h9-13,21-23,25-26,28,42,46H,14-16H2,1-8H3/t21-,22-,23+,25+,26-,28-,33+,34-,35+/m0/s1. The summed E-state index contributed by atoms with van der Waals surface area (Å²) in [5, 5.41) is 24.7. The molecule has 3 aliphatic carbocycles. The van der Waals surface area contributed by atoms with E-state index in [1.165, 1.54) is 32.9 Å². The molecule has 3 fully saturated rings. The van der Waals surface area contributed by atoms with Crippen molar-refractivity contribution in [3.8, 4) is 0 Å². The molecule has 0 aromatic heterocycles. The fourth-order valence-corrected chi connectivity index (χ4v) is 8.58. The van der Waals surface area contributed by atoms with E-state index in [2.05, 4.69) is 0 Å². The Hall–Kier alpha value is -2.94. The van der Waals surface area contributed by atoms with Gasteiger partial charge in [-0.15, -0.1) is 0 Å². The number of fused-ring (bicyclic) bond motifs is 5. The van der Waals surface area contributed by atoms with Crippen LogP contribution in [-0.4, -0.2) is 97.8 Å². The molecule has 286 valence electrons. The lowest BCUT2D eigenvalue weighted by Crippen LogP contribution is -2.82. The quantitative estimate of drug-likeness (QED) is 0.171. The first-order valence-corrected chi connectivity index (χ1v) is 17.8. The molecule has 5 rings (SSSR count). The summed E-state index contributed by atoms with van der Waals surface area (Å²) in [6, 6.07) is 7.86. The molecule has 1 aliphatic heterocycles. The van der Waals surface area contributed by atoms with Gasteiger partial charge in [0.2, 0.25) is 3.79 Å². The first-order chi connectivity index (χ1) is 23.8. The molecule has 1 heterocycles. The zero-order chi connectivity index (χ0) is 39.0.